The Morgan fingerprint density at radius 3 is 2.71 bits per heavy atom. The van der Waals surface area contributed by atoms with E-state index in [1.807, 2.05) is 13.8 Å². The molecule has 0 saturated heterocycles. The molecule has 0 radical (unpaired) electrons. The van der Waals surface area contributed by atoms with Gasteiger partial charge < -0.3 is 19.5 Å². The number of hydrogen-bond acceptors (Lipinski definition) is 7. The SMILES string of the molecule is CC.Cc1cc2c(CNS(=O)CCO)c3c(nc2cc1F)-c1cc2c(c(=O)n1C3)COC(=O)C2O. The lowest BCUT2D eigenvalue weighted by Crippen LogP contribution is -2.32. The van der Waals surface area contributed by atoms with Gasteiger partial charge in [0.05, 0.1) is 52.4 Å². The van der Waals surface area contributed by atoms with E-state index >= 15 is 0 Å². The van der Waals surface area contributed by atoms with Gasteiger partial charge in [0.2, 0.25) is 0 Å². The van der Waals surface area contributed by atoms with Crippen molar-refractivity contribution < 1.29 is 28.3 Å². The highest BCUT2D eigenvalue weighted by Gasteiger charge is 2.34. The minimum absolute atomic E-state index is 0.0528. The maximum absolute atomic E-state index is 14.4. The van der Waals surface area contributed by atoms with Crippen LogP contribution in [0.4, 0.5) is 4.39 Å². The molecule has 9 nitrogen and oxygen atoms in total. The number of carbonyl (C=O) groups excluding carboxylic acids is 1. The number of rotatable bonds is 5. The van der Waals surface area contributed by atoms with Gasteiger partial charge in [-0.2, -0.15) is 0 Å². The quantitative estimate of drug-likeness (QED) is 0.354. The van der Waals surface area contributed by atoms with Gasteiger partial charge in [-0.25, -0.2) is 23.1 Å². The summed E-state index contributed by atoms with van der Waals surface area (Å²) in [4.78, 5) is 29.6. The number of nitrogens with zero attached hydrogens (tertiary/aromatic N) is 2. The monoisotopic (exact) mass is 503 g/mol. The number of aromatic nitrogens is 2. The fourth-order valence-electron chi connectivity index (χ4n) is 4.35. The van der Waals surface area contributed by atoms with Crippen LogP contribution in [0.15, 0.2) is 23.0 Å². The van der Waals surface area contributed by atoms with Crippen LogP contribution in [-0.2, 0) is 40.2 Å². The summed E-state index contributed by atoms with van der Waals surface area (Å²) in [6.07, 6.45) is -1.57. The topological polar surface area (TPSA) is 131 Å². The molecule has 2 aromatic heterocycles. The summed E-state index contributed by atoms with van der Waals surface area (Å²) in [5, 5.41) is 20.0. The van der Waals surface area contributed by atoms with Gasteiger partial charge in [-0.05, 0) is 30.2 Å². The molecule has 2 unspecified atom stereocenters. The van der Waals surface area contributed by atoms with Crippen molar-refractivity contribution in [3.05, 3.63) is 62.2 Å². The predicted molar refractivity (Wildman–Crippen MR) is 128 cm³/mol. The van der Waals surface area contributed by atoms with E-state index in [1.165, 1.54) is 10.6 Å². The Hall–Kier alpha value is -2.99. The number of fused-ring (bicyclic) bond motifs is 5. The molecule has 3 aromatic rings. The van der Waals surface area contributed by atoms with Crippen molar-refractivity contribution in [1.82, 2.24) is 14.3 Å². The van der Waals surface area contributed by atoms with Crippen LogP contribution in [0.5, 0.6) is 0 Å². The zero-order valence-corrected chi connectivity index (χ0v) is 20.4. The van der Waals surface area contributed by atoms with Gasteiger partial charge >= 0.3 is 5.97 Å². The highest BCUT2D eigenvalue weighted by atomic mass is 32.2. The fourth-order valence-corrected chi connectivity index (χ4v) is 4.96. The van der Waals surface area contributed by atoms with Crippen LogP contribution < -0.4 is 10.3 Å². The molecule has 1 aromatic carbocycles. The number of carbonyl (C=O) groups is 1. The molecule has 3 N–H and O–H groups in total. The molecule has 2 aliphatic heterocycles. The third-order valence-electron chi connectivity index (χ3n) is 6.04. The summed E-state index contributed by atoms with van der Waals surface area (Å²) in [5.74, 6) is -1.21. The molecule has 0 spiro atoms. The van der Waals surface area contributed by atoms with Crippen LogP contribution in [0.2, 0.25) is 0 Å². The van der Waals surface area contributed by atoms with Crippen molar-refractivity contribution in [2.24, 2.45) is 0 Å². The fraction of sp³-hybridized carbons (Fsp3) is 0.375. The molecule has 35 heavy (non-hydrogen) atoms. The molecule has 2 atom stereocenters. The van der Waals surface area contributed by atoms with Crippen LogP contribution in [0.3, 0.4) is 0 Å². The minimum atomic E-state index is -1.57. The van der Waals surface area contributed by atoms with Gasteiger partial charge in [0.25, 0.3) is 5.56 Å². The third-order valence-corrected chi connectivity index (χ3v) is 7.06. The zero-order valence-electron chi connectivity index (χ0n) is 19.6. The summed E-state index contributed by atoms with van der Waals surface area (Å²) >= 11 is 0. The summed E-state index contributed by atoms with van der Waals surface area (Å²) in [6.45, 7) is 5.48. The van der Waals surface area contributed by atoms with Gasteiger partial charge in [0, 0.05) is 29.1 Å². The molecule has 0 fully saturated rings. The van der Waals surface area contributed by atoms with E-state index in [-0.39, 0.29) is 43.2 Å². The highest BCUT2D eigenvalue weighted by molar-refractivity contribution is 7.83. The number of cyclic esters (lactones) is 1. The van der Waals surface area contributed by atoms with Crippen molar-refractivity contribution in [2.45, 2.75) is 46.6 Å². The van der Waals surface area contributed by atoms with Crippen molar-refractivity contribution in [3.63, 3.8) is 0 Å². The number of esters is 1. The largest absolute Gasteiger partial charge is 0.458 e. The van der Waals surface area contributed by atoms with Gasteiger partial charge in [-0.15, -0.1) is 0 Å². The summed E-state index contributed by atoms with van der Waals surface area (Å²) < 4.78 is 35.7. The lowest BCUT2D eigenvalue weighted by molar-refractivity contribution is -0.157. The number of aliphatic hydroxyl groups excluding tert-OH is 2. The second-order valence-electron chi connectivity index (χ2n) is 8.00. The first-order valence-corrected chi connectivity index (χ1v) is 12.6. The van der Waals surface area contributed by atoms with Crippen LogP contribution in [0.1, 0.15) is 47.8 Å². The molecule has 0 bridgehead atoms. The number of aryl methyl sites for hydroxylation is 1. The number of nitrogens with one attached hydrogen (secondary N) is 1. The van der Waals surface area contributed by atoms with E-state index in [4.69, 9.17) is 9.84 Å². The Morgan fingerprint density at radius 2 is 2.00 bits per heavy atom. The Bertz CT molecular complexity index is 1420. The van der Waals surface area contributed by atoms with E-state index in [0.29, 0.717) is 39.0 Å². The molecule has 5 rings (SSSR count). The number of aliphatic hydroxyl groups is 2. The molecule has 0 amide bonds. The number of benzene rings is 1. The third kappa shape index (κ3) is 4.29. The molecule has 186 valence electrons. The second-order valence-corrected chi connectivity index (χ2v) is 9.38. The standard InChI is InChI=1S/C22H20FN3O6S.C2H6/c1-10-4-11-13(7-24-33(31)3-2-27)14-8-26-18(19(14)25-17(11)6-16(10)23)5-12-15(21(26)29)9-32-22(30)20(12)28;1-2/h4-6,20,24,27-28H,2-3,7-9H2,1H3;1-2H3. The maximum Gasteiger partial charge on any atom is 0.340 e. The molecule has 2 aliphatic rings. The molecule has 0 saturated carbocycles. The van der Waals surface area contributed by atoms with Crippen LogP contribution in [0.25, 0.3) is 22.3 Å². The smallest absolute Gasteiger partial charge is 0.340 e. The summed E-state index contributed by atoms with van der Waals surface area (Å²) in [5.41, 5.74) is 3.00. The van der Waals surface area contributed by atoms with Gasteiger partial charge in [0.1, 0.15) is 12.4 Å². The lowest BCUT2D eigenvalue weighted by Gasteiger charge is -2.21. The minimum Gasteiger partial charge on any atom is -0.458 e. The van der Waals surface area contributed by atoms with Crippen molar-refractivity contribution in [3.8, 4) is 11.4 Å². The number of hydrogen-bond donors (Lipinski definition) is 3. The van der Waals surface area contributed by atoms with E-state index in [1.54, 1.807) is 19.1 Å². The normalized spacial score (nSPS) is 16.6. The molecular weight excluding hydrogens is 477 g/mol. The van der Waals surface area contributed by atoms with Crippen molar-refractivity contribution >= 4 is 27.9 Å². The maximum atomic E-state index is 14.4. The van der Waals surface area contributed by atoms with Crippen LogP contribution in [0, 0.1) is 12.7 Å². The van der Waals surface area contributed by atoms with E-state index < -0.39 is 34.4 Å². The Balaban J connectivity index is 0.00000141. The average Bonchev–Trinajstić information content (AvgIpc) is 3.21. The lowest BCUT2D eigenvalue weighted by atomic mass is 9.98. The zero-order chi connectivity index (χ0) is 25.4. The highest BCUT2D eigenvalue weighted by Crippen LogP contribution is 2.38. The Morgan fingerprint density at radius 1 is 1.26 bits per heavy atom. The number of ether oxygens (including phenoxy) is 1. The summed E-state index contributed by atoms with van der Waals surface area (Å²) in [7, 11) is -1.49. The Kier molecular flexibility index (Phi) is 7.13. The van der Waals surface area contributed by atoms with Gasteiger partial charge in [-0.1, -0.05) is 13.8 Å². The van der Waals surface area contributed by atoms with E-state index in [2.05, 4.69) is 9.71 Å². The summed E-state index contributed by atoms with van der Waals surface area (Å²) in [6, 6.07) is 4.53. The van der Waals surface area contributed by atoms with Gasteiger partial charge in [-0.3, -0.25) is 4.79 Å². The molecule has 4 heterocycles. The molecule has 0 aliphatic carbocycles. The van der Waals surface area contributed by atoms with Crippen LogP contribution in [-0.4, -0.2) is 42.3 Å². The van der Waals surface area contributed by atoms with Gasteiger partial charge in [0.15, 0.2) is 6.10 Å². The van der Waals surface area contributed by atoms with Crippen LogP contribution >= 0.6 is 0 Å². The first-order valence-electron chi connectivity index (χ1n) is 11.3. The first kappa shape index (κ1) is 25.1. The average molecular weight is 504 g/mol. The number of halogens is 1. The first-order chi connectivity index (χ1) is 16.8. The Labute approximate surface area is 203 Å². The van der Waals surface area contributed by atoms with E-state index in [0.717, 1.165) is 0 Å². The van der Waals surface area contributed by atoms with E-state index in [9.17, 15) is 23.3 Å². The molecule has 11 heteroatoms. The van der Waals surface area contributed by atoms with Crippen molar-refractivity contribution in [2.75, 3.05) is 12.4 Å². The second kappa shape index (κ2) is 9.94. The van der Waals surface area contributed by atoms with Crippen molar-refractivity contribution in [1.29, 1.82) is 0 Å². The predicted octanol–water partition coefficient (Wildman–Crippen LogP) is 1.73. The molecular formula is C24H26FN3O6S. The number of pyridine rings is 2.